The average Bonchev–Trinajstić information content (AvgIpc) is 2.59. The topological polar surface area (TPSA) is 126 Å². The van der Waals surface area contributed by atoms with Crippen molar-refractivity contribution in [1.29, 1.82) is 0 Å². The van der Waals surface area contributed by atoms with Gasteiger partial charge in [0, 0.05) is 5.56 Å². The molecule has 134 valence electrons. The number of hydrogen-bond donors (Lipinski definition) is 3. The van der Waals surface area contributed by atoms with E-state index in [1.165, 1.54) is 21.3 Å². The Morgan fingerprint density at radius 1 is 1.04 bits per heavy atom. The van der Waals surface area contributed by atoms with E-state index in [4.69, 9.17) is 25.7 Å². The molecule has 0 saturated heterocycles. The van der Waals surface area contributed by atoms with E-state index in [9.17, 15) is 5.11 Å². The molecule has 1 unspecified atom stereocenters. The number of ether oxygens (including phenoxy) is 3. The summed E-state index contributed by atoms with van der Waals surface area (Å²) in [6.45, 7) is 1.76. The molecule has 0 aliphatic rings. The maximum atomic E-state index is 10.5. The van der Waals surface area contributed by atoms with Crippen LogP contribution in [0.4, 0.5) is 11.8 Å². The van der Waals surface area contributed by atoms with Crippen molar-refractivity contribution in [1.82, 2.24) is 9.97 Å². The van der Waals surface area contributed by atoms with E-state index in [0.717, 1.165) is 0 Å². The van der Waals surface area contributed by atoms with Crippen LogP contribution in [0.25, 0.3) is 6.08 Å². The normalized spacial score (nSPS) is 12.2. The molecule has 1 aromatic carbocycles. The van der Waals surface area contributed by atoms with Crippen LogP contribution in [0.1, 0.15) is 22.9 Å². The average molecular weight is 346 g/mol. The van der Waals surface area contributed by atoms with E-state index in [0.29, 0.717) is 34.1 Å². The number of aliphatic hydroxyl groups is 1. The van der Waals surface area contributed by atoms with Gasteiger partial charge in [0.1, 0.15) is 5.82 Å². The van der Waals surface area contributed by atoms with Crippen LogP contribution in [0.2, 0.25) is 0 Å². The number of anilines is 2. The number of aryl methyl sites for hydroxylation is 1. The van der Waals surface area contributed by atoms with E-state index in [1.54, 1.807) is 31.2 Å². The fourth-order valence-corrected chi connectivity index (χ4v) is 2.40. The summed E-state index contributed by atoms with van der Waals surface area (Å²) in [4.78, 5) is 7.98. The highest BCUT2D eigenvalue weighted by Crippen LogP contribution is 2.40. The quantitative estimate of drug-likeness (QED) is 0.722. The van der Waals surface area contributed by atoms with E-state index in [1.807, 2.05) is 0 Å². The molecule has 1 heterocycles. The molecule has 1 aromatic heterocycles. The molecular formula is C17H22N4O4. The van der Waals surface area contributed by atoms with Gasteiger partial charge in [0.15, 0.2) is 11.5 Å². The predicted molar refractivity (Wildman–Crippen MR) is 95.7 cm³/mol. The summed E-state index contributed by atoms with van der Waals surface area (Å²) < 4.78 is 15.8. The van der Waals surface area contributed by atoms with Crippen LogP contribution >= 0.6 is 0 Å². The SMILES string of the molecule is COc1cc(C(O)C=Cc2c(C)nc(N)nc2N)cc(OC)c1OC. The molecule has 2 aromatic rings. The van der Waals surface area contributed by atoms with Gasteiger partial charge in [-0.2, -0.15) is 4.98 Å². The molecule has 0 spiro atoms. The zero-order valence-corrected chi connectivity index (χ0v) is 14.6. The first kappa shape index (κ1) is 18.3. The van der Waals surface area contributed by atoms with Crippen LogP contribution in [0.5, 0.6) is 17.2 Å². The highest BCUT2D eigenvalue weighted by molar-refractivity contribution is 5.65. The van der Waals surface area contributed by atoms with Crippen molar-refractivity contribution >= 4 is 17.8 Å². The lowest BCUT2D eigenvalue weighted by molar-refractivity contribution is 0.227. The number of methoxy groups -OCH3 is 3. The van der Waals surface area contributed by atoms with Crippen molar-refractivity contribution in [3.8, 4) is 17.2 Å². The first-order chi connectivity index (χ1) is 11.9. The minimum Gasteiger partial charge on any atom is -0.493 e. The minimum atomic E-state index is -0.926. The maximum absolute atomic E-state index is 10.5. The van der Waals surface area contributed by atoms with E-state index >= 15 is 0 Å². The Hall–Kier alpha value is -3.00. The lowest BCUT2D eigenvalue weighted by Gasteiger charge is -2.15. The Kier molecular flexibility index (Phi) is 5.66. The van der Waals surface area contributed by atoms with Gasteiger partial charge in [-0.3, -0.25) is 0 Å². The monoisotopic (exact) mass is 346 g/mol. The number of benzene rings is 1. The number of nitrogens with two attached hydrogens (primary N) is 2. The first-order valence-corrected chi connectivity index (χ1v) is 7.47. The van der Waals surface area contributed by atoms with Crippen molar-refractivity contribution < 1.29 is 19.3 Å². The number of nitrogen functional groups attached to an aromatic ring is 2. The molecule has 1 atom stereocenters. The van der Waals surface area contributed by atoms with Gasteiger partial charge < -0.3 is 30.8 Å². The second-order valence-corrected chi connectivity index (χ2v) is 5.23. The summed E-state index contributed by atoms with van der Waals surface area (Å²) in [5.41, 5.74) is 13.2. The largest absolute Gasteiger partial charge is 0.493 e. The van der Waals surface area contributed by atoms with Crippen LogP contribution in [-0.4, -0.2) is 36.4 Å². The third kappa shape index (κ3) is 3.92. The summed E-state index contributed by atoms with van der Waals surface area (Å²) in [6, 6.07) is 3.35. The zero-order valence-electron chi connectivity index (χ0n) is 14.6. The minimum absolute atomic E-state index is 0.109. The van der Waals surface area contributed by atoms with Gasteiger partial charge >= 0.3 is 0 Å². The Morgan fingerprint density at radius 2 is 1.64 bits per heavy atom. The standard InChI is InChI=1S/C17H22N4O4/c1-9-11(16(18)21-17(19)20-9)5-6-12(22)10-7-13(23-2)15(25-4)14(8-10)24-3/h5-8,12,22H,1-4H3,(H4,18,19,20,21). The van der Waals surface area contributed by atoms with Crippen LogP contribution in [-0.2, 0) is 0 Å². The van der Waals surface area contributed by atoms with E-state index in [-0.39, 0.29) is 11.8 Å². The van der Waals surface area contributed by atoms with Gasteiger partial charge in [0.2, 0.25) is 11.7 Å². The van der Waals surface area contributed by atoms with Gasteiger partial charge in [0.05, 0.1) is 33.1 Å². The summed E-state index contributed by atoms with van der Waals surface area (Å²) in [5.74, 6) is 1.72. The molecule has 0 aliphatic carbocycles. The van der Waals surface area contributed by atoms with Crippen molar-refractivity contribution in [2.45, 2.75) is 13.0 Å². The lowest BCUT2D eigenvalue weighted by atomic mass is 10.1. The van der Waals surface area contributed by atoms with Crippen LogP contribution in [0, 0.1) is 6.92 Å². The molecule has 0 radical (unpaired) electrons. The van der Waals surface area contributed by atoms with Crippen molar-refractivity contribution in [3.63, 3.8) is 0 Å². The molecule has 25 heavy (non-hydrogen) atoms. The summed E-state index contributed by atoms with van der Waals surface area (Å²) in [6.07, 6.45) is 2.29. The molecule has 2 rings (SSSR count). The lowest BCUT2D eigenvalue weighted by Crippen LogP contribution is -2.04. The van der Waals surface area contributed by atoms with Gasteiger partial charge in [0.25, 0.3) is 0 Å². The van der Waals surface area contributed by atoms with Gasteiger partial charge in [-0.1, -0.05) is 12.2 Å². The fourth-order valence-electron chi connectivity index (χ4n) is 2.40. The maximum Gasteiger partial charge on any atom is 0.222 e. The Balaban J connectivity index is 2.37. The van der Waals surface area contributed by atoms with Crippen molar-refractivity contribution in [3.05, 3.63) is 35.0 Å². The van der Waals surface area contributed by atoms with Crippen molar-refractivity contribution in [2.75, 3.05) is 32.8 Å². The summed E-state index contributed by atoms with van der Waals surface area (Å²) >= 11 is 0. The molecule has 0 aliphatic heterocycles. The molecule has 8 heteroatoms. The Bertz CT molecular complexity index is 744. The van der Waals surface area contributed by atoms with Crippen LogP contribution < -0.4 is 25.7 Å². The number of rotatable bonds is 6. The number of aromatic nitrogens is 2. The summed E-state index contributed by atoms with van der Waals surface area (Å²) in [7, 11) is 4.54. The third-order valence-electron chi connectivity index (χ3n) is 3.66. The molecule has 5 N–H and O–H groups in total. The number of nitrogens with zero attached hydrogens (tertiary/aromatic N) is 2. The molecule has 8 nitrogen and oxygen atoms in total. The fraction of sp³-hybridized carbons (Fsp3) is 0.294. The number of hydrogen-bond acceptors (Lipinski definition) is 8. The van der Waals surface area contributed by atoms with Gasteiger partial charge in [-0.05, 0) is 24.6 Å². The van der Waals surface area contributed by atoms with Crippen LogP contribution in [0.3, 0.4) is 0 Å². The number of aliphatic hydroxyl groups excluding tert-OH is 1. The Labute approximate surface area is 146 Å². The van der Waals surface area contributed by atoms with Gasteiger partial charge in [-0.25, -0.2) is 4.98 Å². The summed E-state index contributed by atoms with van der Waals surface area (Å²) in [5, 5.41) is 10.5. The molecule has 0 saturated carbocycles. The Morgan fingerprint density at radius 3 is 2.12 bits per heavy atom. The van der Waals surface area contributed by atoms with Gasteiger partial charge in [-0.15, -0.1) is 0 Å². The second-order valence-electron chi connectivity index (χ2n) is 5.23. The first-order valence-electron chi connectivity index (χ1n) is 7.47. The highest BCUT2D eigenvalue weighted by Gasteiger charge is 2.16. The van der Waals surface area contributed by atoms with Crippen molar-refractivity contribution in [2.24, 2.45) is 0 Å². The molecule has 0 bridgehead atoms. The second kappa shape index (κ2) is 7.71. The molecule has 0 fully saturated rings. The van der Waals surface area contributed by atoms with E-state index < -0.39 is 6.10 Å². The van der Waals surface area contributed by atoms with Crippen LogP contribution in [0.15, 0.2) is 18.2 Å². The zero-order chi connectivity index (χ0) is 18.6. The highest BCUT2D eigenvalue weighted by atomic mass is 16.5. The molecular weight excluding hydrogens is 324 g/mol. The van der Waals surface area contributed by atoms with E-state index in [2.05, 4.69) is 9.97 Å². The molecule has 0 amide bonds. The third-order valence-corrected chi connectivity index (χ3v) is 3.66. The predicted octanol–water partition coefficient (Wildman–Crippen LogP) is 1.72. The smallest absolute Gasteiger partial charge is 0.222 e.